The lowest BCUT2D eigenvalue weighted by molar-refractivity contribution is 0.0979. The van der Waals surface area contributed by atoms with Crippen LogP contribution in [0, 0.1) is 0 Å². The smallest absolute Gasteiger partial charge is 0.258 e. The highest BCUT2D eigenvalue weighted by molar-refractivity contribution is 7.80. The second kappa shape index (κ2) is 8.40. The fourth-order valence-electron chi connectivity index (χ4n) is 3.66. The molecule has 2 N–H and O–H groups in total. The van der Waals surface area contributed by atoms with Gasteiger partial charge in [0.15, 0.2) is 5.11 Å². The lowest BCUT2D eigenvalue weighted by Gasteiger charge is -2.28. The number of fused-ring (bicyclic) bond motifs is 1. The predicted molar refractivity (Wildman–Crippen MR) is 120 cm³/mol. The van der Waals surface area contributed by atoms with Crippen molar-refractivity contribution in [2.75, 3.05) is 23.3 Å². The molecule has 1 fully saturated rings. The van der Waals surface area contributed by atoms with Gasteiger partial charge in [0.2, 0.25) is 0 Å². The summed E-state index contributed by atoms with van der Waals surface area (Å²) in [7, 11) is 0. The molecule has 1 aliphatic rings. The van der Waals surface area contributed by atoms with E-state index in [0.29, 0.717) is 10.7 Å². The molecule has 3 aromatic carbocycles. The molecule has 1 aliphatic heterocycles. The quantitative estimate of drug-likeness (QED) is 0.622. The Balaban J connectivity index is 1.40. The second-order valence-electron chi connectivity index (χ2n) is 7.03. The van der Waals surface area contributed by atoms with E-state index in [-0.39, 0.29) is 5.91 Å². The molecule has 0 aromatic heterocycles. The Morgan fingerprint density at radius 3 is 2.36 bits per heavy atom. The third-order valence-corrected chi connectivity index (χ3v) is 5.31. The van der Waals surface area contributed by atoms with Gasteiger partial charge in [0, 0.05) is 30.0 Å². The highest BCUT2D eigenvalue weighted by atomic mass is 32.1. The Labute approximate surface area is 170 Å². The van der Waals surface area contributed by atoms with Crippen LogP contribution in [0.2, 0.25) is 0 Å². The number of rotatable bonds is 3. The first-order chi connectivity index (χ1) is 13.7. The topological polar surface area (TPSA) is 44.4 Å². The summed E-state index contributed by atoms with van der Waals surface area (Å²) in [6.45, 7) is 2.23. The zero-order valence-corrected chi connectivity index (χ0v) is 16.5. The summed E-state index contributed by atoms with van der Waals surface area (Å²) in [5.41, 5.74) is 2.71. The molecule has 0 bridgehead atoms. The van der Waals surface area contributed by atoms with Gasteiger partial charge in [-0.1, -0.05) is 36.4 Å². The summed E-state index contributed by atoms with van der Waals surface area (Å²) in [4.78, 5) is 15.1. The fourth-order valence-corrected chi connectivity index (χ4v) is 3.87. The van der Waals surface area contributed by atoms with Crippen LogP contribution in [0.4, 0.5) is 11.4 Å². The van der Waals surface area contributed by atoms with Gasteiger partial charge >= 0.3 is 0 Å². The number of amides is 1. The zero-order chi connectivity index (χ0) is 19.3. The lowest BCUT2D eigenvalue weighted by Crippen LogP contribution is -2.34. The number of piperidine rings is 1. The Morgan fingerprint density at radius 1 is 0.857 bits per heavy atom. The summed E-state index contributed by atoms with van der Waals surface area (Å²) in [6.07, 6.45) is 3.83. The number of anilines is 2. The van der Waals surface area contributed by atoms with E-state index < -0.39 is 0 Å². The van der Waals surface area contributed by atoms with Crippen LogP contribution in [-0.2, 0) is 0 Å². The SMILES string of the molecule is O=C(NC(=S)Nc1ccc(N2CCCCC2)cc1)c1cccc2ccccc12. The van der Waals surface area contributed by atoms with Gasteiger partial charge in [0.25, 0.3) is 5.91 Å². The Kier molecular flexibility index (Phi) is 5.53. The van der Waals surface area contributed by atoms with E-state index in [9.17, 15) is 4.79 Å². The third kappa shape index (κ3) is 4.15. The molecule has 0 aliphatic carbocycles. The van der Waals surface area contributed by atoms with Crippen molar-refractivity contribution in [1.82, 2.24) is 5.32 Å². The maximum atomic E-state index is 12.7. The van der Waals surface area contributed by atoms with Crippen LogP contribution in [0.3, 0.4) is 0 Å². The van der Waals surface area contributed by atoms with Crippen molar-refractivity contribution in [3.63, 3.8) is 0 Å². The fraction of sp³-hybridized carbons (Fsp3) is 0.217. The molecule has 0 saturated carbocycles. The molecule has 0 atom stereocenters. The number of nitrogens with zero attached hydrogens (tertiary/aromatic N) is 1. The molecule has 0 radical (unpaired) electrons. The van der Waals surface area contributed by atoms with Crippen LogP contribution >= 0.6 is 12.2 Å². The van der Waals surface area contributed by atoms with Crippen molar-refractivity contribution in [3.8, 4) is 0 Å². The first-order valence-electron chi connectivity index (χ1n) is 9.66. The predicted octanol–water partition coefficient (Wildman–Crippen LogP) is 4.96. The van der Waals surface area contributed by atoms with Crippen LogP contribution in [0.1, 0.15) is 29.6 Å². The van der Waals surface area contributed by atoms with E-state index in [4.69, 9.17) is 12.2 Å². The molecule has 1 heterocycles. The van der Waals surface area contributed by atoms with Crippen molar-refractivity contribution >= 4 is 45.4 Å². The number of hydrogen-bond acceptors (Lipinski definition) is 3. The normalized spacial score (nSPS) is 13.9. The molecule has 142 valence electrons. The summed E-state index contributed by atoms with van der Waals surface area (Å²) in [5, 5.41) is 8.13. The largest absolute Gasteiger partial charge is 0.372 e. The van der Waals surface area contributed by atoms with E-state index in [2.05, 4.69) is 27.7 Å². The molecular formula is C23H23N3OS. The monoisotopic (exact) mass is 389 g/mol. The molecule has 28 heavy (non-hydrogen) atoms. The lowest BCUT2D eigenvalue weighted by atomic mass is 10.0. The average molecular weight is 390 g/mol. The van der Waals surface area contributed by atoms with Crippen molar-refractivity contribution in [2.24, 2.45) is 0 Å². The van der Waals surface area contributed by atoms with Crippen LogP contribution in [0.5, 0.6) is 0 Å². The van der Waals surface area contributed by atoms with Gasteiger partial charge in [0.05, 0.1) is 0 Å². The van der Waals surface area contributed by atoms with Crippen LogP contribution < -0.4 is 15.5 Å². The molecular weight excluding hydrogens is 366 g/mol. The maximum absolute atomic E-state index is 12.7. The van der Waals surface area contributed by atoms with Crippen molar-refractivity contribution in [1.29, 1.82) is 0 Å². The van der Waals surface area contributed by atoms with Crippen molar-refractivity contribution in [2.45, 2.75) is 19.3 Å². The molecule has 1 saturated heterocycles. The van der Waals surface area contributed by atoms with E-state index in [1.807, 2.05) is 54.6 Å². The van der Waals surface area contributed by atoms with E-state index in [1.165, 1.54) is 24.9 Å². The Hall–Kier alpha value is -2.92. The van der Waals surface area contributed by atoms with Gasteiger partial charge in [-0.2, -0.15) is 0 Å². The van der Waals surface area contributed by atoms with Crippen LogP contribution in [0.15, 0.2) is 66.7 Å². The van der Waals surface area contributed by atoms with Gasteiger partial charge < -0.3 is 10.2 Å². The van der Waals surface area contributed by atoms with Crippen LogP contribution in [0.25, 0.3) is 10.8 Å². The van der Waals surface area contributed by atoms with E-state index >= 15 is 0 Å². The number of benzene rings is 3. The minimum absolute atomic E-state index is 0.209. The number of nitrogens with one attached hydrogen (secondary N) is 2. The first kappa shape index (κ1) is 18.4. The number of carbonyl (C=O) groups excluding carboxylic acids is 1. The van der Waals surface area contributed by atoms with E-state index in [0.717, 1.165) is 29.5 Å². The molecule has 3 aromatic rings. The van der Waals surface area contributed by atoms with Gasteiger partial charge in [-0.05, 0) is 72.6 Å². The summed E-state index contributed by atoms with van der Waals surface area (Å²) in [6, 6.07) is 21.7. The molecule has 5 heteroatoms. The zero-order valence-electron chi connectivity index (χ0n) is 15.7. The highest BCUT2D eigenvalue weighted by Crippen LogP contribution is 2.22. The van der Waals surface area contributed by atoms with Gasteiger partial charge in [-0.15, -0.1) is 0 Å². The van der Waals surface area contributed by atoms with Crippen LogP contribution in [-0.4, -0.2) is 24.1 Å². The van der Waals surface area contributed by atoms with Gasteiger partial charge in [0.1, 0.15) is 0 Å². The average Bonchev–Trinajstić information content (AvgIpc) is 2.74. The Morgan fingerprint density at radius 2 is 1.57 bits per heavy atom. The van der Waals surface area contributed by atoms with E-state index in [1.54, 1.807) is 0 Å². The summed E-state index contributed by atoms with van der Waals surface area (Å²) < 4.78 is 0. The number of hydrogen-bond donors (Lipinski definition) is 2. The molecule has 4 rings (SSSR count). The molecule has 1 amide bonds. The van der Waals surface area contributed by atoms with Gasteiger partial charge in [-0.25, -0.2) is 0 Å². The Bertz CT molecular complexity index is 989. The summed E-state index contributed by atoms with van der Waals surface area (Å²) in [5.74, 6) is -0.209. The maximum Gasteiger partial charge on any atom is 0.258 e. The molecule has 0 spiro atoms. The first-order valence-corrected chi connectivity index (χ1v) is 10.1. The van der Waals surface area contributed by atoms with Gasteiger partial charge in [-0.3, -0.25) is 10.1 Å². The second-order valence-corrected chi connectivity index (χ2v) is 7.44. The molecule has 4 nitrogen and oxygen atoms in total. The third-order valence-electron chi connectivity index (χ3n) is 5.11. The number of thiocarbonyl (C=S) groups is 1. The highest BCUT2D eigenvalue weighted by Gasteiger charge is 2.13. The minimum Gasteiger partial charge on any atom is -0.372 e. The van der Waals surface area contributed by atoms with Crippen molar-refractivity contribution < 1.29 is 4.79 Å². The number of carbonyl (C=O) groups is 1. The standard InChI is InChI=1S/C23H23N3OS/c27-22(21-10-6-8-17-7-2-3-9-20(17)21)25-23(28)24-18-11-13-19(14-12-18)26-15-4-1-5-16-26/h2-3,6-14H,1,4-5,15-16H2,(H2,24,25,27,28). The summed E-state index contributed by atoms with van der Waals surface area (Å²) >= 11 is 5.34. The minimum atomic E-state index is -0.209. The molecule has 0 unspecified atom stereocenters. The van der Waals surface area contributed by atoms with Crippen molar-refractivity contribution in [3.05, 3.63) is 72.3 Å².